The number of nitrogens with zero attached hydrogens (tertiary/aromatic N) is 1. The summed E-state index contributed by atoms with van der Waals surface area (Å²) in [6.07, 6.45) is -1.70. The van der Waals surface area contributed by atoms with E-state index in [1.807, 2.05) is 24.3 Å². The molecule has 0 saturated heterocycles. The van der Waals surface area contributed by atoms with Gasteiger partial charge in [-0.1, -0.05) is 42.5 Å². The first-order valence-corrected chi connectivity index (χ1v) is 7.62. The Labute approximate surface area is 141 Å². The Balaban J connectivity index is 2.06. The van der Waals surface area contributed by atoms with Crippen molar-refractivity contribution in [1.29, 1.82) is 5.26 Å². The number of rotatable bonds is 5. The van der Waals surface area contributed by atoms with Crippen molar-refractivity contribution in [3.63, 3.8) is 0 Å². The van der Waals surface area contributed by atoms with Crippen LogP contribution >= 0.6 is 15.9 Å². The molecule has 23 heavy (non-hydrogen) atoms. The summed E-state index contributed by atoms with van der Waals surface area (Å²) in [5.74, 6) is -0.974. The van der Waals surface area contributed by atoms with Crippen LogP contribution in [0.2, 0.25) is 0 Å². The normalized spacial score (nSPS) is 14.3. The van der Waals surface area contributed by atoms with E-state index in [1.54, 1.807) is 12.1 Å². The molecule has 2 N–H and O–H groups in total. The van der Waals surface area contributed by atoms with Crippen LogP contribution in [0.15, 0.2) is 54.6 Å². The van der Waals surface area contributed by atoms with Gasteiger partial charge in [-0.25, -0.2) is 4.39 Å². The molecule has 0 aliphatic carbocycles. The third kappa shape index (κ3) is 4.15. The van der Waals surface area contributed by atoms with E-state index in [0.717, 1.165) is 5.56 Å². The minimum Gasteiger partial charge on any atom is -0.384 e. The van der Waals surface area contributed by atoms with Crippen LogP contribution in [-0.4, -0.2) is 15.6 Å². The molecule has 0 fully saturated rings. The van der Waals surface area contributed by atoms with Gasteiger partial charge in [0.05, 0.1) is 11.6 Å². The van der Waals surface area contributed by atoms with Crippen LogP contribution in [0.3, 0.4) is 0 Å². The van der Waals surface area contributed by atoms with E-state index < -0.39 is 16.6 Å². The van der Waals surface area contributed by atoms with Gasteiger partial charge < -0.3 is 10.4 Å². The molecule has 1 amide bonds. The van der Waals surface area contributed by atoms with E-state index in [2.05, 4.69) is 21.2 Å². The molecule has 0 unspecified atom stereocenters. The van der Waals surface area contributed by atoms with Gasteiger partial charge in [-0.15, -0.1) is 0 Å². The van der Waals surface area contributed by atoms with Crippen LogP contribution in [0.4, 0.5) is 4.39 Å². The number of carbonyl (C=O) groups excluding carboxylic acids is 1. The van der Waals surface area contributed by atoms with E-state index in [9.17, 15) is 14.3 Å². The monoisotopic (exact) mass is 376 g/mol. The van der Waals surface area contributed by atoms with Gasteiger partial charge in [0, 0.05) is 6.54 Å². The summed E-state index contributed by atoms with van der Waals surface area (Å²) in [5, 5.41) is 21.3. The number of amides is 1. The van der Waals surface area contributed by atoms with Crippen molar-refractivity contribution in [2.75, 3.05) is 0 Å². The Hall–Kier alpha value is -2.23. The van der Waals surface area contributed by atoms with Crippen molar-refractivity contribution in [2.24, 2.45) is 0 Å². The Morgan fingerprint density at radius 3 is 2.43 bits per heavy atom. The van der Waals surface area contributed by atoms with Crippen molar-refractivity contribution >= 4 is 21.8 Å². The highest BCUT2D eigenvalue weighted by Crippen LogP contribution is 2.35. The fourth-order valence-electron chi connectivity index (χ4n) is 1.97. The zero-order chi connectivity index (χ0) is 16.9. The Kier molecular flexibility index (Phi) is 5.48. The molecular weight excluding hydrogens is 363 g/mol. The lowest BCUT2D eigenvalue weighted by Gasteiger charge is -2.24. The molecule has 2 atom stereocenters. The first kappa shape index (κ1) is 17.1. The maximum atomic E-state index is 14.6. The largest absolute Gasteiger partial charge is 0.384 e. The molecular formula is C17H14BrFN2O2. The van der Waals surface area contributed by atoms with E-state index >= 15 is 0 Å². The van der Waals surface area contributed by atoms with Crippen molar-refractivity contribution in [3.05, 3.63) is 71.3 Å². The standard InChI is InChI=1S/C17H14BrFN2O2/c18-17(19,15(22)14-8-6-12(10-20)7-9-14)16(23)21-11-13-4-2-1-3-5-13/h1-9,15,22H,11H2,(H,21,23)/t15-,17-/m1/s1. The number of aliphatic hydroxyl groups excluding tert-OH is 1. The molecule has 2 aromatic rings. The summed E-state index contributed by atoms with van der Waals surface area (Å²) in [5.41, 5.74) is 1.39. The highest BCUT2D eigenvalue weighted by Gasteiger charge is 2.44. The second-order valence-electron chi connectivity index (χ2n) is 4.93. The van der Waals surface area contributed by atoms with Crippen molar-refractivity contribution in [3.8, 4) is 6.07 Å². The first-order chi connectivity index (χ1) is 10.9. The average Bonchev–Trinajstić information content (AvgIpc) is 2.59. The van der Waals surface area contributed by atoms with Gasteiger partial charge in [-0.3, -0.25) is 4.79 Å². The molecule has 0 spiro atoms. The summed E-state index contributed by atoms with van der Waals surface area (Å²) in [4.78, 5) is 12.0. The van der Waals surface area contributed by atoms with Crippen molar-refractivity contribution in [1.82, 2.24) is 5.32 Å². The van der Waals surface area contributed by atoms with Crippen LogP contribution in [0.25, 0.3) is 0 Å². The highest BCUT2D eigenvalue weighted by molar-refractivity contribution is 9.10. The molecule has 2 aromatic carbocycles. The molecule has 0 saturated carbocycles. The average molecular weight is 377 g/mol. The third-order valence-electron chi connectivity index (χ3n) is 3.30. The fourth-order valence-corrected chi connectivity index (χ4v) is 2.37. The quantitative estimate of drug-likeness (QED) is 0.787. The van der Waals surface area contributed by atoms with Gasteiger partial charge >= 0.3 is 0 Å². The number of aliphatic hydroxyl groups is 1. The van der Waals surface area contributed by atoms with Crippen LogP contribution in [-0.2, 0) is 11.3 Å². The number of halogens is 2. The fraction of sp³-hybridized carbons (Fsp3) is 0.176. The summed E-state index contributed by atoms with van der Waals surface area (Å²) in [7, 11) is 0. The molecule has 0 aromatic heterocycles. The van der Waals surface area contributed by atoms with E-state index in [0.29, 0.717) is 5.56 Å². The van der Waals surface area contributed by atoms with E-state index in [1.165, 1.54) is 24.3 Å². The third-order valence-corrected chi connectivity index (χ3v) is 4.09. The number of nitrogens with one attached hydrogen (secondary N) is 1. The van der Waals surface area contributed by atoms with Crippen LogP contribution in [0.5, 0.6) is 0 Å². The Morgan fingerprint density at radius 1 is 1.26 bits per heavy atom. The van der Waals surface area contributed by atoms with Gasteiger partial charge in [-0.2, -0.15) is 5.26 Å². The zero-order valence-electron chi connectivity index (χ0n) is 12.0. The molecule has 0 aliphatic rings. The lowest BCUT2D eigenvalue weighted by atomic mass is 10.0. The van der Waals surface area contributed by atoms with Crippen LogP contribution in [0.1, 0.15) is 22.8 Å². The molecule has 0 aliphatic heterocycles. The van der Waals surface area contributed by atoms with Crippen LogP contribution in [0, 0.1) is 11.3 Å². The predicted octanol–water partition coefficient (Wildman–Crippen LogP) is 2.97. The molecule has 4 nitrogen and oxygen atoms in total. The molecule has 2 rings (SSSR count). The SMILES string of the molecule is N#Cc1ccc([C@@H](O)[C@](F)(Br)C(=O)NCc2ccccc2)cc1. The topological polar surface area (TPSA) is 73.1 Å². The summed E-state index contributed by atoms with van der Waals surface area (Å²) < 4.78 is 12.0. The second kappa shape index (κ2) is 7.36. The Bertz CT molecular complexity index is 712. The van der Waals surface area contributed by atoms with Crippen molar-refractivity contribution in [2.45, 2.75) is 17.2 Å². The van der Waals surface area contributed by atoms with Gasteiger partial charge in [0.1, 0.15) is 6.10 Å². The zero-order valence-corrected chi connectivity index (χ0v) is 13.6. The smallest absolute Gasteiger partial charge is 0.272 e. The summed E-state index contributed by atoms with van der Waals surface area (Å²) in [6.45, 7) is 0.150. The van der Waals surface area contributed by atoms with Gasteiger partial charge in [0.2, 0.25) is 0 Å². The minimum atomic E-state index is -2.67. The number of benzene rings is 2. The van der Waals surface area contributed by atoms with Crippen molar-refractivity contribution < 1.29 is 14.3 Å². The number of alkyl halides is 2. The highest BCUT2D eigenvalue weighted by atomic mass is 79.9. The molecule has 0 heterocycles. The molecule has 6 heteroatoms. The van der Waals surface area contributed by atoms with Gasteiger partial charge in [0.25, 0.3) is 10.5 Å². The number of nitriles is 1. The molecule has 0 bridgehead atoms. The predicted molar refractivity (Wildman–Crippen MR) is 87.2 cm³/mol. The summed E-state index contributed by atoms with van der Waals surface area (Å²) in [6, 6.07) is 16.7. The minimum absolute atomic E-state index is 0.150. The van der Waals surface area contributed by atoms with Gasteiger partial charge in [0.15, 0.2) is 0 Å². The second-order valence-corrected chi connectivity index (χ2v) is 6.08. The van der Waals surface area contributed by atoms with E-state index in [4.69, 9.17) is 5.26 Å². The number of carbonyl (C=O) groups is 1. The Morgan fingerprint density at radius 2 is 1.87 bits per heavy atom. The van der Waals surface area contributed by atoms with Crippen LogP contribution < -0.4 is 5.32 Å². The number of hydrogen-bond donors (Lipinski definition) is 2. The summed E-state index contributed by atoms with van der Waals surface area (Å²) >= 11 is 2.66. The van der Waals surface area contributed by atoms with E-state index in [-0.39, 0.29) is 12.1 Å². The molecule has 118 valence electrons. The maximum absolute atomic E-state index is 14.6. The first-order valence-electron chi connectivity index (χ1n) is 6.83. The van der Waals surface area contributed by atoms with Gasteiger partial charge in [-0.05, 0) is 39.2 Å². The molecule has 0 radical (unpaired) electrons. The lowest BCUT2D eigenvalue weighted by molar-refractivity contribution is -0.132. The number of hydrogen-bond acceptors (Lipinski definition) is 3. The lowest BCUT2D eigenvalue weighted by Crippen LogP contribution is -2.42. The maximum Gasteiger partial charge on any atom is 0.272 e.